The molecule has 1 atom stereocenters. The van der Waals surface area contributed by atoms with E-state index in [0.29, 0.717) is 6.04 Å². The lowest BCUT2D eigenvalue weighted by atomic mass is 10.2. The quantitative estimate of drug-likeness (QED) is 0.795. The summed E-state index contributed by atoms with van der Waals surface area (Å²) in [5.41, 5.74) is 1.33. The minimum absolute atomic E-state index is 0.257. The van der Waals surface area contributed by atoms with Crippen molar-refractivity contribution in [3.8, 4) is 0 Å². The number of nitrogens with one attached hydrogen (secondary N) is 1. The van der Waals surface area contributed by atoms with Gasteiger partial charge in [-0.15, -0.1) is 11.3 Å². The summed E-state index contributed by atoms with van der Waals surface area (Å²) in [6, 6.07) is 0.397. The maximum absolute atomic E-state index is 8.99. The van der Waals surface area contributed by atoms with Gasteiger partial charge >= 0.3 is 0 Å². The van der Waals surface area contributed by atoms with Crippen molar-refractivity contribution in [2.75, 3.05) is 18.6 Å². The lowest BCUT2D eigenvalue weighted by molar-refractivity contribution is 0.269. The van der Waals surface area contributed by atoms with Gasteiger partial charge in [0.15, 0.2) is 0 Å². The van der Waals surface area contributed by atoms with Gasteiger partial charge < -0.3 is 10.4 Å². The first kappa shape index (κ1) is 13.3. The zero-order valence-corrected chi connectivity index (χ0v) is 11.9. The molecule has 0 bridgehead atoms. The SMILES string of the molecule is CSCC(CCO)NCc1nc2c(s1)CCC2. The Bertz CT molecular complexity index is 327. The summed E-state index contributed by atoms with van der Waals surface area (Å²) in [7, 11) is 0. The molecule has 0 saturated heterocycles. The number of hydrogen-bond acceptors (Lipinski definition) is 5. The van der Waals surface area contributed by atoms with Crippen LogP contribution in [0.3, 0.4) is 0 Å². The second kappa shape index (κ2) is 6.73. The van der Waals surface area contributed by atoms with Crippen LogP contribution in [0.5, 0.6) is 0 Å². The highest BCUT2D eigenvalue weighted by atomic mass is 32.2. The molecule has 0 aromatic carbocycles. The van der Waals surface area contributed by atoms with Crippen molar-refractivity contribution < 1.29 is 5.11 Å². The van der Waals surface area contributed by atoms with Crippen LogP contribution in [0.15, 0.2) is 0 Å². The molecule has 2 N–H and O–H groups in total. The Kier molecular flexibility index (Phi) is 5.28. The van der Waals surface area contributed by atoms with E-state index in [1.165, 1.54) is 28.4 Å². The standard InChI is InChI=1S/C12H20N2OS2/c1-16-8-9(5-6-15)13-7-12-14-10-3-2-4-11(10)17-12/h9,13,15H,2-8H2,1H3. The monoisotopic (exact) mass is 272 g/mol. The van der Waals surface area contributed by atoms with Crippen molar-refractivity contribution in [1.82, 2.24) is 10.3 Å². The Morgan fingerprint density at radius 2 is 2.41 bits per heavy atom. The summed E-state index contributed by atoms with van der Waals surface area (Å²) in [6.07, 6.45) is 6.59. The Hall–Kier alpha value is -0.100. The summed E-state index contributed by atoms with van der Waals surface area (Å²) >= 11 is 3.68. The van der Waals surface area contributed by atoms with E-state index in [2.05, 4.69) is 16.6 Å². The number of nitrogens with zero attached hydrogens (tertiary/aromatic N) is 1. The number of aliphatic hydroxyl groups excluding tert-OH is 1. The molecule has 1 unspecified atom stereocenters. The first-order valence-corrected chi connectivity index (χ1v) is 8.35. The molecule has 0 spiro atoms. The van der Waals surface area contributed by atoms with Crippen molar-refractivity contribution in [2.24, 2.45) is 0 Å². The lowest BCUT2D eigenvalue weighted by Crippen LogP contribution is -2.31. The molecule has 1 aromatic rings. The summed E-state index contributed by atoms with van der Waals surface area (Å²) < 4.78 is 0. The molecule has 0 radical (unpaired) electrons. The fourth-order valence-electron chi connectivity index (χ4n) is 2.15. The van der Waals surface area contributed by atoms with E-state index >= 15 is 0 Å². The number of hydrogen-bond donors (Lipinski definition) is 2. The molecule has 0 amide bonds. The topological polar surface area (TPSA) is 45.1 Å². The van der Waals surface area contributed by atoms with Crippen LogP contribution in [0.25, 0.3) is 0 Å². The van der Waals surface area contributed by atoms with Gasteiger partial charge in [-0.3, -0.25) is 0 Å². The molecule has 1 heterocycles. The van der Waals surface area contributed by atoms with Crippen LogP contribution in [-0.2, 0) is 19.4 Å². The van der Waals surface area contributed by atoms with Gasteiger partial charge in [-0.2, -0.15) is 11.8 Å². The third kappa shape index (κ3) is 3.68. The molecular formula is C12H20N2OS2. The molecule has 96 valence electrons. The highest BCUT2D eigenvalue weighted by Gasteiger charge is 2.17. The van der Waals surface area contributed by atoms with Gasteiger partial charge in [0, 0.05) is 29.8 Å². The second-order valence-corrected chi connectivity index (χ2v) is 6.46. The minimum Gasteiger partial charge on any atom is -0.396 e. The molecule has 2 rings (SSSR count). The van der Waals surface area contributed by atoms with E-state index in [0.717, 1.165) is 25.1 Å². The van der Waals surface area contributed by atoms with Crippen molar-refractivity contribution in [1.29, 1.82) is 0 Å². The summed E-state index contributed by atoms with van der Waals surface area (Å²) in [5.74, 6) is 1.05. The van der Waals surface area contributed by atoms with Gasteiger partial charge in [0.05, 0.1) is 5.69 Å². The van der Waals surface area contributed by atoms with E-state index in [1.54, 1.807) is 0 Å². The van der Waals surface area contributed by atoms with Gasteiger partial charge in [0.25, 0.3) is 0 Å². The van der Waals surface area contributed by atoms with Crippen LogP contribution >= 0.6 is 23.1 Å². The number of rotatable bonds is 7. The van der Waals surface area contributed by atoms with E-state index < -0.39 is 0 Å². The van der Waals surface area contributed by atoms with E-state index in [-0.39, 0.29) is 6.61 Å². The van der Waals surface area contributed by atoms with Gasteiger partial charge in [0.1, 0.15) is 5.01 Å². The Balaban J connectivity index is 1.83. The van der Waals surface area contributed by atoms with E-state index in [4.69, 9.17) is 5.11 Å². The third-order valence-corrected chi connectivity index (χ3v) is 4.92. The van der Waals surface area contributed by atoms with Crippen molar-refractivity contribution in [3.63, 3.8) is 0 Å². The molecule has 1 aliphatic carbocycles. The molecule has 0 aliphatic heterocycles. The molecule has 1 aliphatic rings. The van der Waals surface area contributed by atoms with Crippen LogP contribution in [0.1, 0.15) is 28.4 Å². The third-order valence-electron chi connectivity index (χ3n) is 3.03. The van der Waals surface area contributed by atoms with E-state index in [1.807, 2.05) is 23.1 Å². The second-order valence-electron chi connectivity index (χ2n) is 4.38. The number of aromatic nitrogens is 1. The number of fused-ring (bicyclic) bond motifs is 1. The van der Waals surface area contributed by atoms with E-state index in [9.17, 15) is 0 Å². The first-order valence-electron chi connectivity index (χ1n) is 6.14. The molecule has 0 saturated carbocycles. The maximum Gasteiger partial charge on any atom is 0.107 e. The molecule has 17 heavy (non-hydrogen) atoms. The van der Waals surface area contributed by atoms with Gasteiger partial charge in [-0.25, -0.2) is 4.98 Å². The fraction of sp³-hybridized carbons (Fsp3) is 0.750. The Labute approximate surface area is 111 Å². The average Bonchev–Trinajstić information content (AvgIpc) is 2.86. The average molecular weight is 272 g/mol. The van der Waals surface area contributed by atoms with Crippen molar-refractivity contribution in [3.05, 3.63) is 15.6 Å². The number of thioether (sulfide) groups is 1. The largest absolute Gasteiger partial charge is 0.396 e. The fourth-order valence-corrected chi connectivity index (χ4v) is 3.95. The number of aryl methyl sites for hydroxylation is 2. The molecule has 3 nitrogen and oxygen atoms in total. The minimum atomic E-state index is 0.257. The number of thiazole rings is 1. The first-order chi connectivity index (χ1) is 8.33. The van der Waals surface area contributed by atoms with Crippen LogP contribution in [0, 0.1) is 0 Å². The van der Waals surface area contributed by atoms with Crippen LogP contribution in [0.4, 0.5) is 0 Å². The predicted molar refractivity (Wildman–Crippen MR) is 74.9 cm³/mol. The molecular weight excluding hydrogens is 252 g/mol. The van der Waals surface area contributed by atoms with Gasteiger partial charge in [-0.05, 0) is 31.9 Å². The Morgan fingerprint density at radius 3 is 3.12 bits per heavy atom. The molecule has 5 heteroatoms. The molecule has 1 aromatic heterocycles. The Morgan fingerprint density at radius 1 is 1.53 bits per heavy atom. The lowest BCUT2D eigenvalue weighted by Gasteiger charge is -2.15. The van der Waals surface area contributed by atoms with Crippen molar-refractivity contribution >= 4 is 23.1 Å². The van der Waals surface area contributed by atoms with Gasteiger partial charge in [0.2, 0.25) is 0 Å². The van der Waals surface area contributed by atoms with Crippen LogP contribution in [-0.4, -0.2) is 34.7 Å². The van der Waals surface area contributed by atoms with Crippen LogP contribution < -0.4 is 5.32 Å². The zero-order valence-electron chi connectivity index (χ0n) is 10.2. The highest BCUT2D eigenvalue weighted by Crippen LogP contribution is 2.27. The number of aliphatic hydroxyl groups is 1. The van der Waals surface area contributed by atoms with Crippen LogP contribution in [0.2, 0.25) is 0 Å². The van der Waals surface area contributed by atoms with Gasteiger partial charge in [-0.1, -0.05) is 0 Å². The summed E-state index contributed by atoms with van der Waals surface area (Å²) in [4.78, 5) is 6.16. The highest BCUT2D eigenvalue weighted by molar-refractivity contribution is 7.98. The smallest absolute Gasteiger partial charge is 0.107 e. The normalized spacial score (nSPS) is 16.1. The zero-order chi connectivity index (χ0) is 12.1. The molecule has 0 fully saturated rings. The van der Waals surface area contributed by atoms with Crippen molar-refractivity contribution in [2.45, 2.75) is 38.3 Å². The predicted octanol–water partition coefficient (Wildman–Crippen LogP) is 1.84. The summed E-state index contributed by atoms with van der Waals surface area (Å²) in [6.45, 7) is 1.11. The maximum atomic E-state index is 8.99. The summed E-state index contributed by atoms with van der Waals surface area (Å²) in [5, 5.41) is 13.7.